The van der Waals surface area contributed by atoms with E-state index in [9.17, 15) is 5.11 Å². The molecule has 2 heterocycles. The highest BCUT2D eigenvalue weighted by Gasteiger charge is 2.22. The van der Waals surface area contributed by atoms with Gasteiger partial charge in [-0.3, -0.25) is 4.68 Å². The fourth-order valence-corrected chi connectivity index (χ4v) is 3.06. The van der Waals surface area contributed by atoms with Crippen molar-refractivity contribution in [2.24, 2.45) is 13.0 Å². The van der Waals surface area contributed by atoms with Gasteiger partial charge in [0.2, 0.25) is 0 Å². The van der Waals surface area contributed by atoms with E-state index in [-0.39, 0.29) is 6.61 Å². The summed E-state index contributed by atoms with van der Waals surface area (Å²) in [6.45, 7) is 6.52. The molecule has 1 fully saturated rings. The summed E-state index contributed by atoms with van der Waals surface area (Å²) in [7, 11) is 1.98. The summed E-state index contributed by atoms with van der Waals surface area (Å²) in [5.41, 5.74) is 1.94. The number of aliphatic hydroxyl groups excluding tert-OH is 1. The van der Waals surface area contributed by atoms with E-state index in [0.29, 0.717) is 0 Å². The molecule has 0 bridgehead atoms. The van der Waals surface area contributed by atoms with Gasteiger partial charge in [-0.1, -0.05) is 13.3 Å². The van der Waals surface area contributed by atoms with Crippen LogP contribution in [0.3, 0.4) is 0 Å². The fourth-order valence-electron chi connectivity index (χ4n) is 3.06. The van der Waals surface area contributed by atoms with Gasteiger partial charge < -0.3 is 10.0 Å². The summed E-state index contributed by atoms with van der Waals surface area (Å²) >= 11 is 0. The van der Waals surface area contributed by atoms with Crippen LogP contribution in [-0.2, 0) is 13.7 Å². The van der Waals surface area contributed by atoms with E-state index in [2.05, 4.69) is 16.9 Å². The lowest BCUT2D eigenvalue weighted by molar-refractivity contribution is 0.281. The quantitative estimate of drug-likeness (QED) is 0.895. The predicted molar refractivity (Wildman–Crippen MR) is 73.7 cm³/mol. The van der Waals surface area contributed by atoms with E-state index in [0.717, 1.165) is 36.1 Å². The van der Waals surface area contributed by atoms with Gasteiger partial charge in [0.1, 0.15) is 5.82 Å². The van der Waals surface area contributed by atoms with Gasteiger partial charge in [-0.25, -0.2) is 0 Å². The number of rotatable bonds is 3. The molecule has 4 nitrogen and oxygen atoms in total. The molecule has 4 heteroatoms. The predicted octanol–water partition coefficient (Wildman–Crippen LogP) is 2.24. The molecule has 1 saturated heterocycles. The van der Waals surface area contributed by atoms with Crippen LogP contribution in [0.1, 0.15) is 43.9 Å². The molecule has 1 N–H and O–H groups in total. The van der Waals surface area contributed by atoms with Crippen molar-refractivity contribution in [1.82, 2.24) is 9.78 Å². The van der Waals surface area contributed by atoms with Crippen LogP contribution in [0.2, 0.25) is 0 Å². The van der Waals surface area contributed by atoms with Crippen LogP contribution < -0.4 is 4.90 Å². The monoisotopic (exact) mass is 251 g/mol. The third-order valence-electron chi connectivity index (χ3n) is 4.20. The maximum absolute atomic E-state index is 9.53. The van der Waals surface area contributed by atoms with Crippen molar-refractivity contribution in [3.05, 3.63) is 11.3 Å². The Bertz CT molecular complexity index is 400. The molecule has 0 aromatic carbocycles. The first kappa shape index (κ1) is 13.4. The highest BCUT2D eigenvalue weighted by molar-refractivity contribution is 5.50. The molecule has 0 amide bonds. The molecule has 0 saturated carbocycles. The van der Waals surface area contributed by atoms with Crippen molar-refractivity contribution in [2.75, 3.05) is 18.0 Å². The number of hydrogen-bond donors (Lipinski definition) is 1. The van der Waals surface area contributed by atoms with E-state index >= 15 is 0 Å². The molecule has 1 aromatic rings. The number of aliphatic hydroxyl groups is 1. The zero-order chi connectivity index (χ0) is 13.1. The first-order valence-electron chi connectivity index (χ1n) is 7.05. The van der Waals surface area contributed by atoms with Gasteiger partial charge in [-0.05, 0) is 32.1 Å². The SMILES string of the molecule is CCC1CCCN(c2c(CO)c(C)nn2C)CC1. The number of hydrogen-bond acceptors (Lipinski definition) is 3. The minimum atomic E-state index is 0.0860. The van der Waals surface area contributed by atoms with Crippen LogP contribution in [0.5, 0.6) is 0 Å². The first-order chi connectivity index (χ1) is 8.67. The summed E-state index contributed by atoms with van der Waals surface area (Å²) in [4.78, 5) is 2.40. The lowest BCUT2D eigenvalue weighted by Gasteiger charge is -2.24. The Hall–Kier alpha value is -1.03. The van der Waals surface area contributed by atoms with E-state index < -0.39 is 0 Å². The standard InChI is InChI=1S/C14H25N3O/c1-4-12-6-5-8-17(9-7-12)14-13(10-18)11(2)15-16(14)3/h12,18H,4-10H2,1-3H3. The fraction of sp³-hybridized carbons (Fsp3) is 0.786. The lowest BCUT2D eigenvalue weighted by Crippen LogP contribution is -2.27. The van der Waals surface area contributed by atoms with Gasteiger partial charge >= 0.3 is 0 Å². The van der Waals surface area contributed by atoms with Crippen molar-refractivity contribution in [1.29, 1.82) is 0 Å². The van der Waals surface area contributed by atoms with E-state index in [1.54, 1.807) is 0 Å². The minimum absolute atomic E-state index is 0.0860. The molecule has 0 aliphatic carbocycles. The highest BCUT2D eigenvalue weighted by atomic mass is 16.3. The maximum atomic E-state index is 9.53. The summed E-state index contributed by atoms with van der Waals surface area (Å²) in [6.07, 6.45) is 5.11. The molecule has 1 aliphatic rings. The van der Waals surface area contributed by atoms with Crippen molar-refractivity contribution >= 4 is 5.82 Å². The Morgan fingerprint density at radius 1 is 1.33 bits per heavy atom. The number of aromatic nitrogens is 2. The second-order valence-corrected chi connectivity index (χ2v) is 5.36. The Morgan fingerprint density at radius 2 is 2.11 bits per heavy atom. The van der Waals surface area contributed by atoms with Gasteiger partial charge in [0.25, 0.3) is 0 Å². The van der Waals surface area contributed by atoms with Crippen LogP contribution in [-0.4, -0.2) is 28.0 Å². The first-order valence-corrected chi connectivity index (χ1v) is 7.05. The molecule has 0 radical (unpaired) electrons. The summed E-state index contributed by atoms with van der Waals surface area (Å²) in [6, 6.07) is 0. The largest absolute Gasteiger partial charge is 0.391 e. The van der Waals surface area contributed by atoms with Gasteiger partial charge in [0.15, 0.2) is 0 Å². The van der Waals surface area contributed by atoms with Gasteiger partial charge in [-0.15, -0.1) is 0 Å². The normalized spacial score (nSPS) is 21.1. The van der Waals surface area contributed by atoms with Crippen LogP contribution in [0, 0.1) is 12.8 Å². The molecule has 102 valence electrons. The van der Waals surface area contributed by atoms with Gasteiger partial charge in [-0.2, -0.15) is 5.10 Å². The Balaban J connectivity index is 2.20. The number of nitrogens with zero attached hydrogens (tertiary/aromatic N) is 3. The highest BCUT2D eigenvalue weighted by Crippen LogP contribution is 2.28. The van der Waals surface area contributed by atoms with Crippen molar-refractivity contribution in [2.45, 2.75) is 46.1 Å². The molecule has 1 atom stereocenters. The summed E-state index contributed by atoms with van der Waals surface area (Å²) in [5, 5.41) is 14.0. The maximum Gasteiger partial charge on any atom is 0.132 e. The van der Waals surface area contributed by atoms with Crippen LogP contribution in [0.25, 0.3) is 0 Å². The molecule has 0 spiro atoms. The van der Waals surface area contributed by atoms with Crippen molar-refractivity contribution in [3.8, 4) is 0 Å². The van der Waals surface area contributed by atoms with E-state index in [1.165, 1.54) is 25.7 Å². The average Bonchev–Trinajstić information content (AvgIpc) is 2.55. The van der Waals surface area contributed by atoms with Crippen LogP contribution >= 0.6 is 0 Å². The summed E-state index contributed by atoms with van der Waals surface area (Å²) < 4.78 is 1.92. The van der Waals surface area contributed by atoms with Gasteiger partial charge in [0, 0.05) is 25.7 Å². The molecular weight excluding hydrogens is 226 g/mol. The van der Waals surface area contributed by atoms with Crippen LogP contribution in [0.15, 0.2) is 0 Å². The lowest BCUT2D eigenvalue weighted by atomic mass is 9.98. The van der Waals surface area contributed by atoms with E-state index in [1.807, 2.05) is 18.7 Å². The minimum Gasteiger partial charge on any atom is -0.391 e. The molecule has 18 heavy (non-hydrogen) atoms. The zero-order valence-corrected chi connectivity index (χ0v) is 11.8. The van der Waals surface area contributed by atoms with Crippen molar-refractivity contribution < 1.29 is 5.11 Å². The Labute approximate surface area is 110 Å². The van der Waals surface area contributed by atoms with Gasteiger partial charge in [0.05, 0.1) is 12.3 Å². The Morgan fingerprint density at radius 3 is 2.78 bits per heavy atom. The third-order valence-corrected chi connectivity index (χ3v) is 4.20. The zero-order valence-electron chi connectivity index (χ0n) is 11.8. The molecule has 1 aliphatic heterocycles. The second kappa shape index (κ2) is 5.74. The summed E-state index contributed by atoms with van der Waals surface area (Å²) in [5.74, 6) is 1.98. The smallest absolute Gasteiger partial charge is 0.132 e. The Kier molecular flexibility index (Phi) is 4.27. The number of anilines is 1. The molecule has 1 aromatic heterocycles. The van der Waals surface area contributed by atoms with Crippen molar-refractivity contribution in [3.63, 3.8) is 0 Å². The molecule has 1 unspecified atom stereocenters. The third kappa shape index (κ3) is 2.53. The number of aryl methyl sites for hydroxylation is 2. The topological polar surface area (TPSA) is 41.3 Å². The van der Waals surface area contributed by atoms with E-state index in [4.69, 9.17) is 0 Å². The average molecular weight is 251 g/mol. The molecule has 2 rings (SSSR count). The van der Waals surface area contributed by atoms with Crippen LogP contribution in [0.4, 0.5) is 5.82 Å². The molecular formula is C14H25N3O. The second-order valence-electron chi connectivity index (χ2n) is 5.36.